The standard InChI is InChI=1S/C12H9Cl2N3O/c1-7-5-6-10(17-16-7)12(18)15-11-8(13)3-2-4-9(11)14/h2-6H,1H3,(H,15,18). The summed E-state index contributed by atoms with van der Waals surface area (Å²) in [5.41, 5.74) is 1.31. The molecule has 4 nitrogen and oxygen atoms in total. The number of nitrogens with one attached hydrogen (secondary N) is 1. The average molecular weight is 282 g/mol. The summed E-state index contributed by atoms with van der Waals surface area (Å²) in [5, 5.41) is 10.9. The highest BCUT2D eigenvalue weighted by molar-refractivity contribution is 6.39. The third-order valence-corrected chi connectivity index (χ3v) is 2.86. The van der Waals surface area contributed by atoms with E-state index in [4.69, 9.17) is 23.2 Å². The van der Waals surface area contributed by atoms with Crippen molar-refractivity contribution in [1.29, 1.82) is 0 Å². The molecule has 0 unspecified atom stereocenters. The Balaban J connectivity index is 2.24. The van der Waals surface area contributed by atoms with Crippen LogP contribution in [0, 0.1) is 6.92 Å². The van der Waals surface area contributed by atoms with Gasteiger partial charge in [-0.1, -0.05) is 29.3 Å². The largest absolute Gasteiger partial charge is 0.318 e. The molecule has 0 aliphatic carbocycles. The third-order valence-electron chi connectivity index (χ3n) is 2.23. The first-order valence-corrected chi connectivity index (χ1v) is 5.89. The lowest BCUT2D eigenvalue weighted by Crippen LogP contribution is -2.15. The minimum Gasteiger partial charge on any atom is -0.318 e. The van der Waals surface area contributed by atoms with Crippen molar-refractivity contribution >= 4 is 34.8 Å². The minimum absolute atomic E-state index is 0.205. The zero-order valence-corrected chi connectivity index (χ0v) is 11.0. The predicted octanol–water partition coefficient (Wildman–Crippen LogP) is 3.34. The van der Waals surface area contributed by atoms with Crippen molar-refractivity contribution in [2.75, 3.05) is 5.32 Å². The van der Waals surface area contributed by atoms with Crippen molar-refractivity contribution in [3.8, 4) is 0 Å². The van der Waals surface area contributed by atoms with Crippen LogP contribution in [0.2, 0.25) is 10.0 Å². The molecule has 0 spiro atoms. The van der Waals surface area contributed by atoms with Gasteiger partial charge in [-0.15, -0.1) is 5.10 Å². The molecule has 0 bridgehead atoms. The van der Waals surface area contributed by atoms with Crippen molar-refractivity contribution < 1.29 is 4.79 Å². The fraction of sp³-hybridized carbons (Fsp3) is 0.0833. The number of para-hydroxylation sites is 1. The summed E-state index contributed by atoms with van der Waals surface area (Å²) in [6, 6.07) is 8.28. The highest BCUT2D eigenvalue weighted by Crippen LogP contribution is 2.29. The highest BCUT2D eigenvalue weighted by Gasteiger charge is 2.12. The summed E-state index contributed by atoms with van der Waals surface area (Å²) in [7, 11) is 0. The Morgan fingerprint density at radius 1 is 1.11 bits per heavy atom. The topological polar surface area (TPSA) is 54.9 Å². The second-order valence-electron chi connectivity index (χ2n) is 3.61. The maximum absolute atomic E-state index is 11.9. The molecule has 0 saturated carbocycles. The van der Waals surface area contributed by atoms with Crippen LogP contribution in [0.4, 0.5) is 5.69 Å². The third kappa shape index (κ3) is 2.78. The number of anilines is 1. The van der Waals surface area contributed by atoms with Crippen molar-refractivity contribution in [3.05, 3.63) is 51.8 Å². The van der Waals surface area contributed by atoms with Gasteiger partial charge in [0, 0.05) is 0 Å². The SMILES string of the molecule is Cc1ccc(C(=O)Nc2c(Cl)cccc2Cl)nn1. The molecule has 2 rings (SSSR count). The van der Waals surface area contributed by atoms with Gasteiger partial charge in [-0.25, -0.2) is 0 Å². The predicted molar refractivity (Wildman–Crippen MR) is 71.2 cm³/mol. The molecule has 0 fully saturated rings. The van der Waals surface area contributed by atoms with Crippen LogP contribution in [0.3, 0.4) is 0 Å². The van der Waals surface area contributed by atoms with Crippen LogP contribution in [0.25, 0.3) is 0 Å². The Kier molecular flexibility index (Phi) is 3.79. The van der Waals surface area contributed by atoms with Crippen LogP contribution in [0.1, 0.15) is 16.2 Å². The molecule has 0 aliphatic heterocycles. The molecule has 1 amide bonds. The molecule has 6 heteroatoms. The van der Waals surface area contributed by atoms with E-state index in [9.17, 15) is 4.79 Å². The van der Waals surface area contributed by atoms with Crippen molar-refractivity contribution in [3.63, 3.8) is 0 Å². The van der Waals surface area contributed by atoms with Gasteiger partial charge in [0.2, 0.25) is 0 Å². The lowest BCUT2D eigenvalue weighted by molar-refractivity contribution is 0.102. The van der Waals surface area contributed by atoms with E-state index in [0.717, 1.165) is 5.69 Å². The van der Waals surface area contributed by atoms with Gasteiger partial charge in [0.1, 0.15) is 0 Å². The first-order valence-electron chi connectivity index (χ1n) is 5.13. The van der Waals surface area contributed by atoms with Crippen LogP contribution in [-0.2, 0) is 0 Å². The Hall–Kier alpha value is -1.65. The maximum atomic E-state index is 11.9. The number of hydrogen-bond acceptors (Lipinski definition) is 3. The number of rotatable bonds is 2. The lowest BCUT2D eigenvalue weighted by atomic mass is 10.3. The number of carbonyl (C=O) groups is 1. The lowest BCUT2D eigenvalue weighted by Gasteiger charge is -2.08. The second-order valence-corrected chi connectivity index (χ2v) is 4.43. The number of nitrogens with zero attached hydrogens (tertiary/aromatic N) is 2. The summed E-state index contributed by atoms with van der Waals surface area (Å²) < 4.78 is 0. The summed E-state index contributed by atoms with van der Waals surface area (Å²) in [6.07, 6.45) is 0. The Labute approximate surface area is 114 Å². The summed E-state index contributed by atoms with van der Waals surface area (Å²) >= 11 is 11.9. The first kappa shape index (κ1) is 12.8. The molecule has 0 atom stereocenters. The van der Waals surface area contributed by atoms with Gasteiger partial charge in [-0.05, 0) is 31.2 Å². The number of aromatic nitrogens is 2. The normalized spacial score (nSPS) is 10.2. The van der Waals surface area contributed by atoms with Gasteiger partial charge in [0.25, 0.3) is 5.91 Å². The van der Waals surface area contributed by atoms with E-state index >= 15 is 0 Å². The van der Waals surface area contributed by atoms with Crippen LogP contribution < -0.4 is 5.32 Å². The van der Waals surface area contributed by atoms with Crippen LogP contribution in [-0.4, -0.2) is 16.1 Å². The fourth-order valence-electron chi connectivity index (χ4n) is 1.31. The van der Waals surface area contributed by atoms with E-state index in [1.54, 1.807) is 37.3 Å². The van der Waals surface area contributed by atoms with Gasteiger partial charge >= 0.3 is 0 Å². The molecule has 1 N–H and O–H groups in total. The number of benzene rings is 1. The molecule has 18 heavy (non-hydrogen) atoms. The van der Waals surface area contributed by atoms with Gasteiger partial charge < -0.3 is 5.32 Å². The first-order chi connectivity index (χ1) is 8.58. The Bertz CT molecular complexity index is 564. The van der Waals surface area contributed by atoms with E-state index in [0.29, 0.717) is 15.7 Å². The zero-order chi connectivity index (χ0) is 13.1. The van der Waals surface area contributed by atoms with E-state index in [1.165, 1.54) is 0 Å². The van der Waals surface area contributed by atoms with E-state index < -0.39 is 5.91 Å². The Morgan fingerprint density at radius 3 is 2.33 bits per heavy atom. The quantitative estimate of drug-likeness (QED) is 0.919. The molecular weight excluding hydrogens is 273 g/mol. The molecule has 1 heterocycles. The Morgan fingerprint density at radius 2 is 1.78 bits per heavy atom. The molecule has 1 aromatic heterocycles. The minimum atomic E-state index is -0.405. The van der Waals surface area contributed by atoms with E-state index in [1.807, 2.05) is 0 Å². The molecule has 1 aromatic carbocycles. The van der Waals surface area contributed by atoms with E-state index in [-0.39, 0.29) is 5.69 Å². The maximum Gasteiger partial charge on any atom is 0.276 e. The fourth-order valence-corrected chi connectivity index (χ4v) is 1.81. The molecule has 0 saturated heterocycles. The van der Waals surface area contributed by atoms with Crippen LogP contribution in [0.5, 0.6) is 0 Å². The van der Waals surface area contributed by atoms with Crippen LogP contribution in [0.15, 0.2) is 30.3 Å². The number of carbonyl (C=O) groups excluding carboxylic acids is 1. The molecular formula is C12H9Cl2N3O. The monoisotopic (exact) mass is 281 g/mol. The van der Waals surface area contributed by atoms with Crippen molar-refractivity contribution in [2.24, 2.45) is 0 Å². The molecule has 92 valence electrons. The smallest absolute Gasteiger partial charge is 0.276 e. The highest BCUT2D eigenvalue weighted by atomic mass is 35.5. The summed E-state index contributed by atoms with van der Waals surface area (Å²) in [6.45, 7) is 1.79. The average Bonchev–Trinajstić information content (AvgIpc) is 2.34. The molecule has 0 aliphatic rings. The second kappa shape index (κ2) is 5.33. The van der Waals surface area contributed by atoms with E-state index in [2.05, 4.69) is 15.5 Å². The summed E-state index contributed by atoms with van der Waals surface area (Å²) in [5.74, 6) is -0.405. The van der Waals surface area contributed by atoms with Gasteiger partial charge in [0.05, 0.1) is 21.4 Å². The number of amides is 1. The molecule has 2 aromatic rings. The van der Waals surface area contributed by atoms with Crippen molar-refractivity contribution in [1.82, 2.24) is 10.2 Å². The number of aryl methyl sites for hydroxylation is 1. The summed E-state index contributed by atoms with van der Waals surface area (Å²) in [4.78, 5) is 11.9. The van der Waals surface area contributed by atoms with Gasteiger partial charge in [0.15, 0.2) is 5.69 Å². The van der Waals surface area contributed by atoms with Crippen LogP contribution >= 0.6 is 23.2 Å². The number of hydrogen-bond donors (Lipinski definition) is 1. The van der Waals surface area contributed by atoms with Gasteiger partial charge in [-0.2, -0.15) is 5.10 Å². The number of halogens is 2. The zero-order valence-electron chi connectivity index (χ0n) is 9.45. The van der Waals surface area contributed by atoms with Crippen molar-refractivity contribution in [2.45, 2.75) is 6.92 Å². The molecule has 0 radical (unpaired) electrons. The van der Waals surface area contributed by atoms with Gasteiger partial charge in [-0.3, -0.25) is 4.79 Å².